The first-order valence-corrected chi connectivity index (χ1v) is 12.0. The number of hydrogen-bond donors (Lipinski definition) is 3. The van der Waals surface area contributed by atoms with Gasteiger partial charge in [0.05, 0.1) is 17.8 Å². The van der Waals surface area contributed by atoms with Crippen molar-refractivity contribution in [1.82, 2.24) is 4.98 Å². The molecule has 1 fully saturated rings. The second kappa shape index (κ2) is 12.7. The van der Waals surface area contributed by atoms with Crippen molar-refractivity contribution in [2.45, 2.75) is 89.5 Å². The van der Waals surface area contributed by atoms with Gasteiger partial charge < -0.3 is 29.4 Å². The molecule has 3 rings (SSSR count). The minimum atomic E-state index is -0.911. The second-order valence-corrected chi connectivity index (χ2v) is 8.88. The molecule has 0 aliphatic carbocycles. The minimum absolute atomic E-state index is 0.0796. The van der Waals surface area contributed by atoms with Gasteiger partial charge in [0.15, 0.2) is 6.29 Å². The van der Waals surface area contributed by atoms with Crippen LogP contribution in [0, 0.1) is 0 Å². The van der Waals surface area contributed by atoms with Crippen LogP contribution in [-0.2, 0) is 19.0 Å². The number of carboxylic acids is 1. The largest absolute Gasteiger partial charge is 0.478 e. The highest BCUT2D eigenvalue weighted by atomic mass is 16.7. The van der Waals surface area contributed by atoms with Gasteiger partial charge in [-0.2, -0.15) is 0 Å². The number of aliphatic hydroxyl groups is 1. The van der Waals surface area contributed by atoms with Crippen molar-refractivity contribution >= 4 is 22.8 Å². The van der Waals surface area contributed by atoms with Crippen molar-refractivity contribution in [3.63, 3.8) is 0 Å². The highest BCUT2D eigenvalue weighted by Crippen LogP contribution is 2.27. The molecule has 8 heteroatoms. The summed E-state index contributed by atoms with van der Waals surface area (Å²) in [6.45, 7) is 3.78. The number of hydrogen-bond acceptors (Lipinski definition) is 6. The normalized spacial score (nSPS) is 23.9. The maximum absolute atomic E-state index is 12.7. The SMILES string of the molecule is CC(CCCCCCC=CC(=O)O)OC1OC(C)C(OC(=O)c2c[nH]c3ccccc23)CC1O. The third-order valence-corrected chi connectivity index (χ3v) is 6.09. The summed E-state index contributed by atoms with van der Waals surface area (Å²) in [5, 5.41) is 19.9. The van der Waals surface area contributed by atoms with Crippen LogP contribution in [0.1, 0.15) is 69.2 Å². The molecule has 3 N–H and O–H groups in total. The fraction of sp³-hybridized carbons (Fsp3) is 0.538. The zero-order valence-electron chi connectivity index (χ0n) is 19.8. The van der Waals surface area contributed by atoms with E-state index in [1.165, 1.54) is 6.08 Å². The zero-order valence-corrected chi connectivity index (χ0v) is 19.8. The lowest BCUT2D eigenvalue weighted by Gasteiger charge is -2.38. The lowest BCUT2D eigenvalue weighted by atomic mass is 10.0. The van der Waals surface area contributed by atoms with Crippen molar-refractivity contribution in [2.75, 3.05) is 0 Å². The smallest absolute Gasteiger partial charge is 0.340 e. The number of rotatable bonds is 12. The Morgan fingerprint density at radius 3 is 2.79 bits per heavy atom. The van der Waals surface area contributed by atoms with E-state index in [9.17, 15) is 14.7 Å². The number of allylic oxidation sites excluding steroid dienone is 1. The zero-order chi connectivity index (χ0) is 24.5. The van der Waals surface area contributed by atoms with E-state index in [1.807, 2.05) is 38.1 Å². The number of ether oxygens (including phenoxy) is 3. The van der Waals surface area contributed by atoms with E-state index in [0.717, 1.165) is 49.4 Å². The molecule has 0 amide bonds. The molecule has 1 aliphatic rings. The Morgan fingerprint density at radius 1 is 1.24 bits per heavy atom. The van der Waals surface area contributed by atoms with Crippen LogP contribution < -0.4 is 0 Å². The summed E-state index contributed by atoms with van der Waals surface area (Å²) in [6.07, 6.45) is 7.65. The van der Waals surface area contributed by atoms with E-state index in [4.69, 9.17) is 19.3 Å². The van der Waals surface area contributed by atoms with Crippen LogP contribution in [0.3, 0.4) is 0 Å². The Kier molecular flexibility index (Phi) is 9.68. The highest BCUT2D eigenvalue weighted by molar-refractivity contribution is 6.04. The van der Waals surface area contributed by atoms with Gasteiger partial charge in [0, 0.05) is 29.6 Å². The van der Waals surface area contributed by atoms with Crippen molar-refractivity contribution < 1.29 is 34.0 Å². The van der Waals surface area contributed by atoms with E-state index in [0.29, 0.717) is 5.56 Å². The number of fused-ring (bicyclic) bond motifs is 1. The lowest BCUT2D eigenvalue weighted by Crippen LogP contribution is -2.49. The molecule has 1 aliphatic heterocycles. The molecule has 1 aromatic carbocycles. The summed E-state index contributed by atoms with van der Waals surface area (Å²) >= 11 is 0. The summed E-state index contributed by atoms with van der Waals surface area (Å²) < 4.78 is 17.5. The number of aliphatic carboxylic acids is 1. The fourth-order valence-electron chi connectivity index (χ4n) is 4.17. The first kappa shape index (κ1) is 25.9. The van der Waals surface area contributed by atoms with Crippen LogP contribution in [0.2, 0.25) is 0 Å². The molecule has 0 bridgehead atoms. The molecular weight excluding hydrogens is 438 g/mol. The van der Waals surface area contributed by atoms with Crippen LogP contribution in [0.4, 0.5) is 0 Å². The molecule has 0 spiro atoms. The lowest BCUT2D eigenvalue weighted by molar-refractivity contribution is -0.273. The standard InChI is InChI=1S/C26H35NO7/c1-17(11-7-5-3-4-6-8-14-24(29)30)32-26-22(28)15-23(18(2)33-26)34-25(31)20-16-27-21-13-10-9-12-19(20)21/h8-10,12-14,16-18,22-23,26-28H,3-7,11,15H2,1-2H3,(H,29,30). The summed E-state index contributed by atoms with van der Waals surface area (Å²) in [7, 11) is 0. The Bertz CT molecular complexity index is 969. The van der Waals surface area contributed by atoms with Gasteiger partial charge in [-0.05, 0) is 39.2 Å². The van der Waals surface area contributed by atoms with Crippen LogP contribution in [-0.4, -0.2) is 57.8 Å². The number of H-pyrrole nitrogens is 1. The molecule has 2 heterocycles. The number of aliphatic hydroxyl groups excluding tert-OH is 1. The molecule has 0 saturated carbocycles. The second-order valence-electron chi connectivity index (χ2n) is 8.88. The Morgan fingerprint density at radius 2 is 2.00 bits per heavy atom. The molecule has 34 heavy (non-hydrogen) atoms. The van der Waals surface area contributed by atoms with Crippen molar-refractivity contribution in [2.24, 2.45) is 0 Å². The van der Waals surface area contributed by atoms with E-state index >= 15 is 0 Å². The van der Waals surface area contributed by atoms with Crippen molar-refractivity contribution in [3.8, 4) is 0 Å². The summed E-state index contributed by atoms with van der Waals surface area (Å²) in [5.41, 5.74) is 1.32. The highest BCUT2D eigenvalue weighted by Gasteiger charge is 2.38. The van der Waals surface area contributed by atoms with Crippen LogP contribution >= 0.6 is 0 Å². The van der Waals surface area contributed by atoms with Gasteiger partial charge in [-0.3, -0.25) is 0 Å². The molecule has 5 atom stereocenters. The van der Waals surface area contributed by atoms with E-state index in [-0.39, 0.29) is 12.5 Å². The van der Waals surface area contributed by atoms with E-state index < -0.39 is 36.5 Å². The Labute approximate surface area is 199 Å². The molecule has 1 aromatic heterocycles. The number of esters is 1. The summed E-state index contributed by atoms with van der Waals surface area (Å²) in [4.78, 5) is 26.2. The van der Waals surface area contributed by atoms with Gasteiger partial charge >= 0.3 is 11.9 Å². The number of para-hydroxylation sites is 1. The van der Waals surface area contributed by atoms with Crippen molar-refractivity contribution in [3.05, 3.63) is 48.2 Å². The average Bonchev–Trinajstić information content (AvgIpc) is 3.23. The van der Waals surface area contributed by atoms with Crippen LogP contribution in [0.5, 0.6) is 0 Å². The van der Waals surface area contributed by atoms with Gasteiger partial charge in [-0.25, -0.2) is 9.59 Å². The predicted molar refractivity (Wildman–Crippen MR) is 127 cm³/mol. The van der Waals surface area contributed by atoms with Crippen LogP contribution in [0.15, 0.2) is 42.6 Å². The monoisotopic (exact) mass is 473 g/mol. The molecule has 5 unspecified atom stereocenters. The molecule has 1 saturated heterocycles. The van der Waals surface area contributed by atoms with Gasteiger partial charge in [-0.1, -0.05) is 43.5 Å². The summed E-state index contributed by atoms with van der Waals surface area (Å²) in [6, 6.07) is 7.52. The molecule has 186 valence electrons. The fourth-order valence-corrected chi connectivity index (χ4v) is 4.17. The quantitative estimate of drug-likeness (QED) is 0.235. The topological polar surface area (TPSA) is 118 Å². The number of aromatic amines is 1. The maximum Gasteiger partial charge on any atom is 0.340 e. The minimum Gasteiger partial charge on any atom is -0.478 e. The number of benzene rings is 1. The van der Waals surface area contributed by atoms with Gasteiger partial charge in [0.2, 0.25) is 0 Å². The average molecular weight is 474 g/mol. The number of nitrogens with one attached hydrogen (secondary N) is 1. The number of carbonyl (C=O) groups is 2. The Hall–Kier alpha value is -2.68. The molecule has 8 nitrogen and oxygen atoms in total. The molecule has 0 radical (unpaired) electrons. The maximum atomic E-state index is 12.7. The summed E-state index contributed by atoms with van der Waals surface area (Å²) in [5.74, 6) is -1.36. The Balaban J connectivity index is 1.38. The third-order valence-electron chi connectivity index (χ3n) is 6.09. The first-order chi connectivity index (χ1) is 16.3. The van der Waals surface area contributed by atoms with E-state index in [2.05, 4.69) is 4.98 Å². The van der Waals surface area contributed by atoms with Crippen molar-refractivity contribution in [1.29, 1.82) is 0 Å². The van der Waals surface area contributed by atoms with Gasteiger partial charge in [0.25, 0.3) is 0 Å². The molecule has 2 aromatic rings. The predicted octanol–water partition coefficient (Wildman–Crippen LogP) is 4.58. The van der Waals surface area contributed by atoms with E-state index in [1.54, 1.807) is 12.3 Å². The van der Waals surface area contributed by atoms with Gasteiger partial charge in [0.1, 0.15) is 12.2 Å². The number of aromatic nitrogens is 1. The first-order valence-electron chi connectivity index (χ1n) is 12.0. The number of carboxylic acid groups (broad SMARTS) is 1. The number of unbranched alkanes of at least 4 members (excludes halogenated alkanes) is 4. The van der Waals surface area contributed by atoms with Gasteiger partial charge in [-0.15, -0.1) is 0 Å². The third kappa shape index (κ3) is 7.41. The number of carbonyl (C=O) groups excluding carboxylic acids is 1. The molecular formula is C26H35NO7. The van der Waals surface area contributed by atoms with Crippen LogP contribution in [0.25, 0.3) is 10.9 Å².